The number of methoxy groups -OCH3 is 1. The smallest absolute Gasteiger partial charge is 0.242 e. The monoisotopic (exact) mass is 268 g/mol. The van der Waals surface area contributed by atoms with Crippen LogP contribution >= 0.6 is 0 Å². The molecule has 0 radical (unpaired) electrons. The molecule has 19 heavy (non-hydrogen) atoms. The van der Waals surface area contributed by atoms with Crippen molar-refractivity contribution in [2.24, 2.45) is 0 Å². The van der Waals surface area contributed by atoms with Gasteiger partial charge in [0.05, 0.1) is 7.11 Å². The SMILES string of the molecule is CCCc1nc(NCCCOCC)c(N)c(OC)n1. The quantitative estimate of drug-likeness (QED) is 0.665. The van der Waals surface area contributed by atoms with Crippen LogP contribution in [0.1, 0.15) is 32.5 Å². The largest absolute Gasteiger partial charge is 0.479 e. The number of nitrogens with two attached hydrogens (primary N) is 1. The summed E-state index contributed by atoms with van der Waals surface area (Å²) in [7, 11) is 1.56. The lowest BCUT2D eigenvalue weighted by atomic mass is 10.3. The van der Waals surface area contributed by atoms with Crippen LogP contribution in [0.2, 0.25) is 0 Å². The van der Waals surface area contributed by atoms with Gasteiger partial charge < -0.3 is 20.5 Å². The lowest BCUT2D eigenvalue weighted by molar-refractivity contribution is 0.147. The molecular weight excluding hydrogens is 244 g/mol. The molecule has 1 heterocycles. The molecule has 108 valence electrons. The first-order valence-corrected chi connectivity index (χ1v) is 6.74. The van der Waals surface area contributed by atoms with Crippen molar-refractivity contribution in [3.05, 3.63) is 5.82 Å². The van der Waals surface area contributed by atoms with Gasteiger partial charge in [-0.05, 0) is 19.8 Å². The zero-order valence-corrected chi connectivity index (χ0v) is 12.0. The zero-order valence-electron chi connectivity index (χ0n) is 12.0. The van der Waals surface area contributed by atoms with E-state index in [0.717, 1.165) is 44.8 Å². The Morgan fingerprint density at radius 1 is 1.26 bits per heavy atom. The number of rotatable bonds is 9. The van der Waals surface area contributed by atoms with Crippen LogP contribution in [0.15, 0.2) is 0 Å². The van der Waals surface area contributed by atoms with E-state index in [1.165, 1.54) is 0 Å². The Kier molecular flexibility index (Phi) is 6.95. The third-order valence-corrected chi connectivity index (χ3v) is 2.59. The second-order valence-electron chi connectivity index (χ2n) is 4.14. The van der Waals surface area contributed by atoms with Gasteiger partial charge in [0, 0.05) is 26.2 Å². The molecule has 0 fully saturated rings. The first kappa shape index (κ1) is 15.5. The molecule has 0 aromatic carbocycles. The highest BCUT2D eigenvalue weighted by atomic mass is 16.5. The number of nitrogens with zero attached hydrogens (tertiary/aromatic N) is 2. The fourth-order valence-corrected chi connectivity index (χ4v) is 1.64. The highest BCUT2D eigenvalue weighted by Gasteiger charge is 2.11. The normalized spacial score (nSPS) is 10.5. The van der Waals surface area contributed by atoms with Gasteiger partial charge in [-0.15, -0.1) is 0 Å². The van der Waals surface area contributed by atoms with Gasteiger partial charge in [0.15, 0.2) is 5.82 Å². The van der Waals surface area contributed by atoms with Gasteiger partial charge in [0.2, 0.25) is 5.88 Å². The Morgan fingerprint density at radius 2 is 2.05 bits per heavy atom. The Morgan fingerprint density at radius 3 is 2.68 bits per heavy atom. The number of aryl methyl sites for hydroxylation is 1. The van der Waals surface area contributed by atoms with Crippen LogP contribution < -0.4 is 15.8 Å². The summed E-state index contributed by atoms with van der Waals surface area (Å²) in [4.78, 5) is 8.70. The predicted molar refractivity (Wildman–Crippen MR) is 76.6 cm³/mol. The first-order valence-electron chi connectivity index (χ1n) is 6.74. The van der Waals surface area contributed by atoms with Crippen LogP contribution in [0.3, 0.4) is 0 Å². The number of aromatic nitrogens is 2. The molecule has 0 spiro atoms. The minimum atomic E-state index is 0.436. The second-order valence-corrected chi connectivity index (χ2v) is 4.14. The molecule has 0 aliphatic heterocycles. The van der Waals surface area contributed by atoms with E-state index in [4.69, 9.17) is 15.2 Å². The number of anilines is 2. The van der Waals surface area contributed by atoms with Gasteiger partial charge in [-0.3, -0.25) is 0 Å². The van der Waals surface area contributed by atoms with Crippen molar-refractivity contribution in [3.63, 3.8) is 0 Å². The number of hydrogen-bond donors (Lipinski definition) is 2. The van der Waals surface area contributed by atoms with Crippen molar-refractivity contribution in [3.8, 4) is 5.88 Å². The minimum Gasteiger partial charge on any atom is -0.479 e. The average Bonchev–Trinajstić information content (AvgIpc) is 2.41. The third kappa shape index (κ3) is 4.90. The van der Waals surface area contributed by atoms with E-state index in [0.29, 0.717) is 17.4 Å². The topological polar surface area (TPSA) is 82.3 Å². The van der Waals surface area contributed by atoms with Crippen LogP contribution in [-0.2, 0) is 11.2 Å². The summed E-state index contributed by atoms with van der Waals surface area (Å²) in [5, 5.41) is 3.21. The number of ether oxygens (including phenoxy) is 2. The molecule has 6 nitrogen and oxygen atoms in total. The molecule has 1 aromatic rings. The van der Waals surface area contributed by atoms with Crippen molar-refractivity contribution < 1.29 is 9.47 Å². The summed E-state index contributed by atoms with van der Waals surface area (Å²) in [5.41, 5.74) is 6.41. The summed E-state index contributed by atoms with van der Waals surface area (Å²) in [6.45, 7) is 6.30. The summed E-state index contributed by atoms with van der Waals surface area (Å²) < 4.78 is 10.5. The molecule has 0 atom stereocenters. The molecule has 0 saturated heterocycles. The van der Waals surface area contributed by atoms with Gasteiger partial charge in [-0.2, -0.15) is 4.98 Å². The molecule has 0 bridgehead atoms. The average molecular weight is 268 g/mol. The number of nitrogens with one attached hydrogen (secondary N) is 1. The van der Waals surface area contributed by atoms with Crippen molar-refractivity contribution in [2.45, 2.75) is 33.1 Å². The Labute approximate surface area is 114 Å². The molecular formula is C13H24N4O2. The van der Waals surface area contributed by atoms with Crippen molar-refractivity contribution >= 4 is 11.5 Å². The van der Waals surface area contributed by atoms with Gasteiger partial charge in [0.25, 0.3) is 0 Å². The molecule has 0 saturated carbocycles. The predicted octanol–water partition coefficient (Wildman–Crippen LogP) is 1.86. The van der Waals surface area contributed by atoms with E-state index in [1.807, 2.05) is 6.92 Å². The van der Waals surface area contributed by atoms with E-state index in [9.17, 15) is 0 Å². The summed E-state index contributed by atoms with van der Waals surface area (Å²) in [6.07, 6.45) is 2.70. The number of hydrogen-bond acceptors (Lipinski definition) is 6. The number of nitrogen functional groups attached to an aromatic ring is 1. The maximum atomic E-state index is 5.96. The summed E-state index contributed by atoms with van der Waals surface area (Å²) >= 11 is 0. The van der Waals surface area contributed by atoms with E-state index < -0.39 is 0 Å². The maximum absolute atomic E-state index is 5.96. The Hall–Kier alpha value is -1.56. The van der Waals surface area contributed by atoms with Crippen LogP contribution in [0.5, 0.6) is 5.88 Å². The van der Waals surface area contributed by atoms with Gasteiger partial charge in [0.1, 0.15) is 11.5 Å². The van der Waals surface area contributed by atoms with Crippen molar-refractivity contribution in [1.29, 1.82) is 0 Å². The second kappa shape index (κ2) is 8.53. The van der Waals surface area contributed by atoms with E-state index in [2.05, 4.69) is 22.2 Å². The highest BCUT2D eigenvalue weighted by molar-refractivity contribution is 5.66. The van der Waals surface area contributed by atoms with Crippen molar-refractivity contribution in [1.82, 2.24) is 9.97 Å². The molecule has 0 amide bonds. The lowest BCUT2D eigenvalue weighted by Crippen LogP contribution is -2.12. The minimum absolute atomic E-state index is 0.436. The van der Waals surface area contributed by atoms with Gasteiger partial charge in [-0.25, -0.2) is 4.98 Å². The Bertz CT molecular complexity index is 385. The highest BCUT2D eigenvalue weighted by Crippen LogP contribution is 2.25. The van der Waals surface area contributed by atoms with Gasteiger partial charge >= 0.3 is 0 Å². The molecule has 0 aliphatic rings. The van der Waals surface area contributed by atoms with Gasteiger partial charge in [-0.1, -0.05) is 6.92 Å². The van der Waals surface area contributed by atoms with Crippen LogP contribution in [0.25, 0.3) is 0 Å². The zero-order chi connectivity index (χ0) is 14.1. The van der Waals surface area contributed by atoms with E-state index in [-0.39, 0.29) is 0 Å². The molecule has 0 aliphatic carbocycles. The molecule has 1 aromatic heterocycles. The van der Waals surface area contributed by atoms with Crippen LogP contribution in [-0.4, -0.2) is 36.8 Å². The summed E-state index contributed by atoms with van der Waals surface area (Å²) in [5.74, 6) is 1.83. The molecule has 6 heteroatoms. The fourth-order valence-electron chi connectivity index (χ4n) is 1.64. The van der Waals surface area contributed by atoms with Crippen molar-refractivity contribution in [2.75, 3.05) is 37.9 Å². The summed E-state index contributed by atoms with van der Waals surface area (Å²) in [6, 6.07) is 0. The maximum Gasteiger partial charge on any atom is 0.242 e. The lowest BCUT2D eigenvalue weighted by Gasteiger charge is -2.12. The first-order chi connectivity index (χ1) is 9.22. The van der Waals surface area contributed by atoms with Crippen LogP contribution in [0.4, 0.5) is 11.5 Å². The molecule has 1 rings (SSSR count). The van der Waals surface area contributed by atoms with E-state index in [1.54, 1.807) is 7.11 Å². The van der Waals surface area contributed by atoms with E-state index >= 15 is 0 Å². The van der Waals surface area contributed by atoms with Crippen LogP contribution in [0, 0.1) is 0 Å². The Balaban J connectivity index is 2.66. The molecule has 0 unspecified atom stereocenters. The third-order valence-electron chi connectivity index (χ3n) is 2.59. The molecule has 3 N–H and O–H groups in total. The standard InChI is InChI=1S/C13H24N4O2/c1-4-7-10-16-12(11(14)13(17-10)18-3)15-8-6-9-19-5-2/h4-9,14H2,1-3H3,(H,15,16,17). The fraction of sp³-hybridized carbons (Fsp3) is 0.692.